The van der Waals surface area contributed by atoms with Gasteiger partial charge >= 0.3 is 0 Å². The van der Waals surface area contributed by atoms with Gasteiger partial charge in [-0.25, -0.2) is 8.42 Å². The van der Waals surface area contributed by atoms with Crippen LogP contribution in [0.15, 0.2) is 30.3 Å². The molecule has 1 amide bonds. The predicted molar refractivity (Wildman–Crippen MR) is 94.6 cm³/mol. The first-order valence-corrected chi connectivity index (χ1v) is 9.81. The first-order valence-electron chi connectivity index (χ1n) is 8.20. The number of aryl methyl sites for hydroxylation is 2. The fraction of sp³-hybridized carbons (Fsp3) is 0.412. The summed E-state index contributed by atoms with van der Waals surface area (Å²) in [5.41, 5.74) is 3.01. The predicted octanol–water partition coefficient (Wildman–Crippen LogP) is 1.31. The Morgan fingerprint density at radius 3 is 2.48 bits per heavy atom. The minimum atomic E-state index is -3.39. The fourth-order valence-corrected chi connectivity index (χ4v) is 4.47. The lowest BCUT2D eigenvalue weighted by Gasteiger charge is -2.33. The van der Waals surface area contributed by atoms with Crippen LogP contribution in [0.1, 0.15) is 27.3 Å². The summed E-state index contributed by atoms with van der Waals surface area (Å²) in [6.45, 7) is 5.14. The van der Waals surface area contributed by atoms with E-state index in [-0.39, 0.29) is 11.7 Å². The molecule has 1 aliphatic rings. The van der Waals surface area contributed by atoms with Crippen LogP contribution >= 0.6 is 0 Å². The number of aromatic nitrogens is 2. The van der Waals surface area contributed by atoms with Crippen LogP contribution in [-0.2, 0) is 15.8 Å². The van der Waals surface area contributed by atoms with Crippen molar-refractivity contribution in [2.45, 2.75) is 19.6 Å². The average Bonchev–Trinajstić information content (AvgIpc) is 3.00. The Bertz CT molecular complexity index is 868. The number of sulfonamides is 1. The van der Waals surface area contributed by atoms with Crippen molar-refractivity contribution in [3.63, 3.8) is 0 Å². The molecule has 1 aromatic heterocycles. The molecule has 0 bridgehead atoms. The largest absolute Gasteiger partial charge is 0.335 e. The number of hydrogen-bond acceptors (Lipinski definition) is 4. The van der Waals surface area contributed by atoms with Crippen LogP contribution in [0.4, 0.5) is 0 Å². The molecular weight excluding hydrogens is 340 g/mol. The number of carbonyl (C=O) groups is 1. The second-order valence-corrected chi connectivity index (χ2v) is 8.34. The molecule has 0 spiro atoms. The second-order valence-electron chi connectivity index (χ2n) is 6.37. The minimum absolute atomic E-state index is 0.0127. The zero-order chi connectivity index (χ0) is 18.0. The van der Waals surface area contributed by atoms with Gasteiger partial charge in [-0.3, -0.25) is 9.89 Å². The van der Waals surface area contributed by atoms with E-state index in [1.54, 1.807) is 11.0 Å². The molecule has 0 radical (unpaired) electrons. The standard InChI is InChI=1S/C17H22N4O3S/c1-13-4-3-5-15(10-13)12-25(23,24)21-8-6-20(7-9-21)17(22)16-11-14(2)18-19-16/h3-5,10-11H,6-9,12H2,1-2H3,(H,18,19). The van der Waals surface area contributed by atoms with Crippen molar-refractivity contribution < 1.29 is 13.2 Å². The fourth-order valence-electron chi connectivity index (χ4n) is 2.96. The van der Waals surface area contributed by atoms with Crippen LogP contribution < -0.4 is 0 Å². The number of piperazine rings is 1. The third-order valence-electron chi connectivity index (χ3n) is 4.28. The van der Waals surface area contributed by atoms with Crippen LogP contribution in [-0.4, -0.2) is 59.9 Å². The van der Waals surface area contributed by atoms with E-state index in [1.807, 2.05) is 38.1 Å². The van der Waals surface area contributed by atoms with Gasteiger partial charge in [0.15, 0.2) is 0 Å². The van der Waals surface area contributed by atoms with Crippen molar-refractivity contribution in [3.05, 3.63) is 52.8 Å². The lowest BCUT2D eigenvalue weighted by atomic mass is 10.2. The first kappa shape index (κ1) is 17.6. The third-order valence-corrected chi connectivity index (χ3v) is 6.13. The monoisotopic (exact) mass is 362 g/mol. The molecule has 8 heteroatoms. The number of carbonyl (C=O) groups excluding carboxylic acids is 1. The number of amides is 1. The molecule has 0 unspecified atom stereocenters. The molecule has 2 aromatic rings. The van der Waals surface area contributed by atoms with Crippen molar-refractivity contribution in [3.8, 4) is 0 Å². The Balaban J connectivity index is 1.62. The van der Waals surface area contributed by atoms with Gasteiger partial charge in [-0.15, -0.1) is 0 Å². The number of nitrogens with zero attached hydrogens (tertiary/aromatic N) is 3. The topological polar surface area (TPSA) is 86.4 Å². The molecular formula is C17H22N4O3S. The SMILES string of the molecule is Cc1cccc(CS(=O)(=O)N2CCN(C(=O)c3cc(C)[nH]n3)CC2)c1. The molecule has 1 aliphatic heterocycles. The summed E-state index contributed by atoms with van der Waals surface area (Å²) < 4.78 is 26.7. The van der Waals surface area contributed by atoms with E-state index in [9.17, 15) is 13.2 Å². The lowest BCUT2D eigenvalue weighted by molar-refractivity contribution is 0.0692. The molecule has 0 atom stereocenters. The quantitative estimate of drug-likeness (QED) is 0.889. The summed E-state index contributed by atoms with van der Waals surface area (Å²) in [7, 11) is -3.39. The summed E-state index contributed by atoms with van der Waals surface area (Å²) >= 11 is 0. The van der Waals surface area contributed by atoms with E-state index in [4.69, 9.17) is 0 Å². The van der Waals surface area contributed by atoms with Crippen LogP contribution in [0, 0.1) is 13.8 Å². The first-order chi connectivity index (χ1) is 11.8. The number of H-pyrrole nitrogens is 1. The Hall–Kier alpha value is -2.19. The maximum absolute atomic E-state index is 12.6. The highest BCUT2D eigenvalue weighted by atomic mass is 32.2. The van der Waals surface area contributed by atoms with Gasteiger partial charge in [0.2, 0.25) is 10.0 Å². The Morgan fingerprint density at radius 1 is 1.16 bits per heavy atom. The molecule has 1 fully saturated rings. The Labute approximate surface area is 147 Å². The van der Waals surface area contributed by atoms with Gasteiger partial charge in [-0.05, 0) is 25.5 Å². The number of nitrogens with one attached hydrogen (secondary N) is 1. The summed E-state index contributed by atoms with van der Waals surface area (Å²) in [5.74, 6) is -0.179. The highest BCUT2D eigenvalue weighted by Crippen LogP contribution is 2.16. The molecule has 7 nitrogen and oxygen atoms in total. The number of hydrogen-bond donors (Lipinski definition) is 1. The van der Waals surface area contributed by atoms with Crippen molar-refractivity contribution in [2.75, 3.05) is 26.2 Å². The minimum Gasteiger partial charge on any atom is -0.335 e. The molecule has 1 aromatic carbocycles. The summed E-state index contributed by atoms with van der Waals surface area (Å²) in [5, 5.41) is 6.72. The maximum atomic E-state index is 12.6. The van der Waals surface area contributed by atoms with E-state index < -0.39 is 10.0 Å². The van der Waals surface area contributed by atoms with Gasteiger partial charge in [-0.2, -0.15) is 9.40 Å². The van der Waals surface area contributed by atoms with E-state index in [0.717, 1.165) is 16.8 Å². The summed E-state index contributed by atoms with van der Waals surface area (Å²) in [4.78, 5) is 14.0. The van der Waals surface area contributed by atoms with Crippen molar-refractivity contribution in [1.82, 2.24) is 19.4 Å². The van der Waals surface area contributed by atoms with Gasteiger partial charge in [0, 0.05) is 31.9 Å². The number of benzene rings is 1. The Morgan fingerprint density at radius 2 is 1.88 bits per heavy atom. The van der Waals surface area contributed by atoms with Gasteiger partial charge in [0.25, 0.3) is 5.91 Å². The zero-order valence-corrected chi connectivity index (χ0v) is 15.2. The van der Waals surface area contributed by atoms with Gasteiger partial charge in [0.05, 0.1) is 5.75 Å². The molecule has 134 valence electrons. The second kappa shape index (κ2) is 6.97. The normalized spacial score (nSPS) is 16.2. The van der Waals surface area contributed by atoms with Crippen LogP contribution in [0.5, 0.6) is 0 Å². The smallest absolute Gasteiger partial charge is 0.274 e. The molecule has 25 heavy (non-hydrogen) atoms. The van der Waals surface area contributed by atoms with E-state index in [0.29, 0.717) is 31.9 Å². The van der Waals surface area contributed by atoms with Crippen molar-refractivity contribution in [1.29, 1.82) is 0 Å². The van der Waals surface area contributed by atoms with E-state index >= 15 is 0 Å². The molecule has 1 N–H and O–H groups in total. The maximum Gasteiger partial charge on any atom is 0.274 e. The van der Waals surface area contributed by atoms with Gasteiger partial charge in [-0.1, -0.05) is 29.8 Å². The van der Waals surface area contributed by atoms with Crippen molar-refractivity contribution in [2.24, 2.45) is 0 Å². The highest BCUT2D eigenvalue weighted by molar-refractivity contribution is 7.88. The average molecular weight is 362 g/mol. The molecule has 0 saturated carbocycles. The molecule has 0 aliphatic carbocycles. The number of aromatic amines is 1. The molecule has 3 rings (SSSR count). The molecule has 1 saturated heterocycles. The Kier molecular flexibility index (Phi) is 4.91. The van der Waals surface area contributed by atoms with E-state index in [2.05, 4.69) is 10.2 Å². The van der Waals surface area contributed by atoms with Crippen molar-refractivity contribution >= 4 is 15.9 Å². The molecule has 2 heterocycles. The summed E-state index contributed by atoms with van der Waals surface area (Å²) in [6, 6.07) is 9.21. The van der Waals surface area contributed by atoms with Crippen LogP contribution in [0.2, 0.25) is 0 Å². The van der Waals surface area contributed by atoms with Crippen LogP contribution in [0.3, 0.4) is 0 Å². The summed E-state index contributed by atoms with van der Waals surface area (Å²) in [6.07, 6.45) is 0. The number of rotatable bonds is 4. The van der Waals surface area contributed by atoms with Crippen LogP contribution in [0.25, 0.3) is 0 Å². The highest BCUT2D eigenvalue weighted by Gasteiger charge is 2.30. The third kappa shape index (κ3) is 4.08. The van der Waals surface area contributed by atoms with Gasteiger partial charge in [0.1, 0.15) is 5.69 Å². The lowest BCUT2D eigenvalue weighted by Crippen LogP contribution is -2.50. The van der Waals surface area contributed by atoms with E-state index in [1.165, 1.54) is 4.31 Å². The van der Waals surface area contributed by atoms with Gasteiger partial charge < -0.3 is 4.90 Å². The zero-order valence-electron chi connectivity index (χ0n) is 14.4.